The second-order valence-corrected chi connectivity index (χ2v) is 16.5. The van der Waals surface area contributed by atoms with Gasteiger partial charge in [-0.2, -0.15) is 0 Å². The minimum absolute atomic E-state index is 0.0705. The zero-order valence-electron chi connectivity index (χ0n) is 28.5. The minimum atomic E-state index is -0.0705. The molecule has 0 spiro atoms. The molecule has 0 N–H and O–H groups in total. The van der Waals surface area contributed by atoms with E-state index in [0.29, 0.717) is 0 Å². The van der Waals surface area contributed by atoms with Crippen molar-refractivity contribution in [1.29, 1.82) is 0 Å². The Labute approximate surface area is 293 Å². The van der Waals surface area contributed by atoms with E-state index in [1.165, 1.54) is 107 Å². The first kappa shape index (κ1) is 29.3. The van der Waals surface area contributed by atoms with Gasteiger partial charge in [0.15, 0.2) is 0 Å². The molecule has 1 nitrogen and oxygen atoms in total. The smallest absolute Gasteiger partial charge is 0.0554 e. The molecule has 3 aliphatic carbocycles. The third-order valence-electron chi connectivity index (χ3n) is 12.3. The SMILES string of the molecule is Cc1cc(N(c2ccc(C3CC4CCC3C4)cc2)c2cccc3sc4cc(-c5ccccc5)ccc4c23)cc2c1-c1ccccc1C2(C)C. The molecular formula is C47H41NS. The molecule has 1 heterocycles. The van der Waals surface area contributed by atoms with Crippen molar-refractivity contribution in [2.75, 3.05) is 4.90 Å². The van der Waals surface area contributed by atoms with Crippen molar-refractivity contribution in [3.8, 4) is 22.3 Å². The molecule has 0 saturated heterocycles. The Kier molecular flexibility index (Phi) is 6.53. The van der Waals surface area contributed by atoms with Crippen LogP contribution in [-0.4, -0.2) is 0 Å². The zero-order valence-corrected chi connectivity index (χ0v) is 29.4. The number of rotatable bonds is 5. The predicted octanol–water partition coefficient (Wildman–Crippen LogP) is 13.7. The molecule has 3 unspecified atom stereocenters. The largest absolute Gasteiger partial charge is 0.310 e. The third-order valence-corrected chi connectivity index (χ3v) is 13.4. The lowest BCUT2D eigenvalue weighted by molar-refractivity contribution is 0.420. The quantitative estimate of drug-likeness (QED) is 0.179. The average molecular weight is 652 g/mol. The van der Waals surface area contributed by atoms with E-state index in [-0.39, 0.29) is 5.41 Å². The van der Waals surface area contributed by atoms with E-state index < -0.39 is 0 Å². The van der Waals surface area contributed by atoms with Crippen molar-refractivity contribution in [3.63, 3.8) is 0 Å². The van der Waals surface area contributed by atoms with Gasteiger partial charge in [-0.1, -0.05) is 105 Å². The molecular weight excluding hydrogens is 611 g/mol. The van der Waals surface area contributed by atoms with Crippen LogP contribution in [0, 0.1) is 18.8 Å². The Morgan fingerprint density at radius 1 is 0.653 bits per heavy atom. The van der Waals surface area contributed by atoms with Gasteiger partial charge in [0.1, 0.15) is 0 Å². The van der Waals surface area contributed by atoms with Crippen LogP contribution in [0.3, 0.4) is 0 Å². The summed E-state index contributed by atoms with van der Waals surface area (Å²) >= 11 is 1.91. The maximum atomic E-state index is 2.55. The van der Waals surface area contributed by atoms with Gasteiger partial charge in [-0.15, -0.1) is 11.3 Å². The summed E-state index contributed by atoms with van der Waals surface area (Å²) in [5.74, 6) is 2.55. The summed E-state index contributed by atoms with van der Waals surface area (Å²) in [5.41, 5.74) is 14.7. The number of nitrogens with zero attached hydrogens (tertiary/aromatic N) is 1. The van der Waals surface area contributed by atoms with E-state index in [1.54, 1.807) is 0 Å². The lowest BCUT2D eigenvalue weighted by Crippen LogP contribution is -2.17. The van der Waals surface area contributed by atoms with E-state index in [0.717, 1.165) is 17.8 Å². The number of hydrogen-bond donors (Lipinski definition) is 0. The first-order chi connectivity index (χ1) is 23.9. The van der Waals surface area contributed by atoms with Crippen molar-refractivity contribution in [2.24, 2.45) is 11.8 Å². The molecule has 0 amide bonds. The van der Waals surface area contributed by atoms with Crippen molar-refractivity contribution < 1.29 is 0 Å². The first-order valence-corrected chi connectivity index (χ1v) is 18.9. The fourth-order valence-corrected chi connectivity index (χ4v) is 11.1. The molecule has 3 atom stereocenters. The average Bonchev–Trinajstić information content (AvgIpc) is 3.91. The molecule has 10 rings (SSSR count). The van der Waals surface area contributed by atoms with Gasteiger partial charge >= 0.3 is 0 Å². The van der Waals surface area contributed by atoms with E-state index >= 15 is 0 Å². The monoisotopic (exact) mass is 651 g/mol. The number of aryl methyl sites for hydroxylation is 1. The summed E-state index contributed by atoms with van der Waals surface area (Å²) < 4.78 is 2.66. The molecule has 2 heteroatoms. The summed E-state index contributed by atoms with van der Waals surface area (Å²) in [6, 6.07) is 48.3. The molecule has 240 valence electrons. The van der Waals surface area contributed by atoms with Crippen LogP contribution in [0.15, 0.2) is 127 Å². The molecule has 0 radical (unpaired) electrons. The predicted molar refractivity (Wildman–Crippen MR) is 210 cm³/mol. The maximum absolute atomic E-state index is 2.55. The van der Waals surface area contributed by atoms with Crippen LogP contribution >= 0.6 is 11.3 Å². The molecule has 49 heavy (non-hydrogen) atoms. The standard InChI is InChI=1S/C47H41NS/c1-29-24-36(28-41-45(29)37-12-7-8-13-40(37)47(41,2)3)48(35-21-18-32(19-22-35)39-26-30-16-17-34(39)25-30)42-14-9-15-43-46(42)38-23-20-33(27-44(38)49-43)31-10-5-4-6-11-31/h4-15,18-24,27-28,30,34,39H,16-17,25-26H2,1-3H3. The molecule has 3 aliphatic rings. The number of anilines is 3. The Morgan fingerprint density at radius 3 is 2.27 bits per heavy atom. The van der Waals surface area contributed by atoms with Gasteiger partial charge in [0.2, 0.25) is 0 Å². The van der Waals surface area contributed by atoms with E-state index in [9.17, 15) is 0 Å². The highest BCUT2D eigenvalue weighted by molar-refractivity contribution is 7.26. The van der Waals surface area contributed by atoms with E-state index in [1.807, 2.05) is 11.3 Å². The van der Waals surface area contributed by atoms with Gasteiger partial charge in [-0.25, -0.2) is 0 Å². The Bertz CT molecular complexity index is 2400. The second kappa shape index (κ2) is 10.9. The molecule has 1 aromatic heterocycles. The van der Waals surface area contributed by atoms with Gasteiger partial charge in [-0.3, -0.25) is 0 Å². The topological polar surface area (TPSA) is 3.24 Å². The lowest BCUT2D eigenvalue weighted by Gasteiger charge is -2.30. The minimum Gasteiger partial charge on any atom is -0.310 e. The van der Waals surface area contributed by atoms with E-state index in [4.69, 9.17) is 0 Å². The van der Waals surface area contributed by atoms with Gasteiger partial charge < -0.3 is 4.90 Å². The molecule has 2 bridgehead atoms. The summed E-state index contributed by atoms with van der Waals surface area (Å²) in [6.45, 7) is 7.10. The summed E-state index contributed by atoms with van der Waals surface area (Å²) in [4.78, 5) is 2.55. The normalized spacial score (nSPS) is 20.2. The molecule has 7 aromatic rings. The third kappa shape index (κ3) is 4.50. The lowest BCUT2D eigenvalue weighted by atomic mass is 9.82. The Balaban J connectivity index is 1.17. The van der Waals surface area contributed by atoms with Crippen LogP contribution < -0.4 is 4.90 Å². The molecule has 2 fully saturated rings. The van der Waals surface area contributed by atoms with Gasteiger partial charge in [0.05, 0.1) is 5.69 Å². The Morgan fingerprint density at radius 2 is 1.47 bits per heavy atom. The zero-order chi connectivity index (χ0) is 32.9. The second-order valence-electron chi connectivity index (χ2n) is 15.4. The number of fused-ring (bicyclic) bond motifs is 8. The van der Waals surface area contributed by atoms with Gasteiger partial charge in [-0.05, 0) is 131 Å². The van der Waals surface area contributed by atoms with Crippen LogP contribution in [0.2, 0.25) is 0 Å². The van der Waals surface area contributed by atoms with Crippen molar-refractivity contribution in [1.82, 2.24) is 0 Å². The van der Waals surface area contributed by atoms with Crippen LogP contribution in [0.5, 0.6) is 0 Å². The van der Waals surface area contributed by atoms with Crippen molar-refractivity contribution in [3.05, 3.63) is 150 Å². The highest BCUT2D eigenvalue weighted by Crippen LogP contribution is 2.55. The number of hydrogen-bond acceptors (Lipinski definition) is 2. The summed E-state index contributed by atoms with van der Waals surface area (Å²) in [5, 5.41) is 2.66. The van der Waals surface area contributed by atoms with Gasteiger partial charge in [0.25, 0.3) is 0 Å². The molecule has 0 aliphatic heterocycles. The molecule has 2 saturated carbocycles. The maximum Gasteiger partial charge on any atom is 0.0554 e. The van der Waals surface area contributed by atoms with E-state index in [2.05, 4.69) is 153 Å². The van der Waals surface area contributed by atoms with Crippen LogP contribution in [0.4, 0.5) is 17.1 Å². The van der Waals surface area contributed by atoms with Crippen LogP contribution in [-0.2, 0) is 5.41 Å². The van der Waals surface area contributed by atoms with Crippen molar-refractivity contribution >= 4 is 48.6 Å². The fraction of sp³-hybridized carbons (Fsp3) is 0.234. The highest BCUT2D eigenvalue weighted by atomic mass is 32.1. The highest BCUT2D eigenvalue weighted by Gasteiger charge is 2.40. The number of thiophene rings is 1. The Hall–Kier alpha value is -4.66. The van der Waals surface area contributed by atoms with Crippen LogP contribution in [0.25, 0.3) is 42.4 Å². The summed E-state index contributed by atoms with van der Waals surface area (Å²) in [7, 11) is 0. The van der Waals surface area contributed by atoms with Crippen LogP contribution in [0.1, 0.15) is 67.7 Å². The fourth-order valence-electron chi connectivity index (χ4n) is 9.89. The van der Waals surface area contributed by atoms with Gasteiger partial charge in [0, 0.05) is 37.0 Å². The number of benzene rings is 6. The molecule has 6 aromatic carbocycles. The first-order valence-electron chi connectivity index (χ1n) is 18.1. The summed E-state index contributed by atoms with van der Waals surface area (Å²) in [6.07, 6.45) is 5.66. The van der Waals surface area contributed by atoms with Crippen molar-refractivity contribution in [2.45, 2.75) is 57.8 Å².